The zero-order chi connectivity index (χ0) is 24.8. The molecule has 0 bridgehead atoms. The molecule has 186 valence electrons. The lowest BCUT2D eigenvalue weighted by Gasteiger charge is -2.36. The van der Waals surface area contributed by atoms with Crippen molar-refractivity contribution in [3.05, 3.63) is 59.9 Å². The zero-order valence-electron chi connectivity index (χ0n) is 19.4. The number of piperazine rings is 1. The Bertz CT molecular complexity index is 1060. The Morgan fingerprint density at radius 2 is 1.83 bits per heavy atom. The number of nitrogens with two attached hydrogens (primary N) is 1. The van der Waals surface area contributed by atoms with Gasteiger partial charge in [-0.3, -0.25) is 14.5 Å². The molecule has 2 saturated heterocycles. The highest BCUT2D eigenvalue weighted by Crippen LogP contribution is 2.29. The van der Waals surface area contributed by atoms with Gasteiger partial charge >= 0.3 is 6.09 Å². The van der Waals surface area contributed by atoms with Gasteiger partial charge in [0.1, 0.15) is 18.5 Å². The molecule has 2 heterocycles. The van der Waals surface area contributed by atoms with Crippen LogP contribution in [0.4, 0.5) is 20.6 Å². The van der Waals surface area contributed by atoms with Crippen LogP contribution in [0.2, 0.25) is 0 Å². The van der Waals surface area contributed by atoms with E-state index in [1.54, 1.807) is 17.0 Å². The predicted molar refractivity (Wildman–Crippen MR) is 127 cm³/mol. The van der Waals surface area contributed by atoms with E-state index in [1.807, 2.05) is 35.2 Å². The molecular weight excluding hydrogens is 455 g/mol. The van der Waals surface area contributed by atoms with Crippen LogP contribution in [-0.4, -0.2) is 68.2 Å². The number of anilines is 2. The first kappa shape index (κ1) is 24.5. The maximum Gasteiger partial charge on any atom is 0.414 e. The monoisotopic (exact) mass is 484 g/mol. The molecule has 0 aliphatic carbocycles. The first-order valence-electron chi connectivity index (χ1n) is 11.6. The largest absolute Gasteiger partial charge is 0.444 e. The van der Waals surface area contributed by atoms with Crippen LogP contribution < -0.4 is 15.5 Å². The summed E-state index contributed by atoms with van der Waals surface area (Å²) in [7, 11) is 0. The highest BCUT2D eigenvalue weighted by atomic mass is 19.1. The quantitative estimate of drug-likeness (QED) is 0.586. The summed E-state index contributed by atoms with van der Waals surface area (Å²) < 4.78 is 25.8. The van der Waals surface area contributed by atoms with Gasteiger partial charge in [-0.05, 0) is 30.2 Å². The minimum absolute atomic E-state index is 0.00429. The summed E-state index contributed by atoms with van der Waals surface area (Å²) in [5.41, 5.74) is 6.97. The van der Waals surface area contributed by atoms with E-state index in [1.165, 1.54) is 11.0 Å². The second kappa shape index (κ2) is 11.2. The van der Waals surface area contributed by atoms with Gasteiger partial charge in [-0.1, -0.05) is 30.3 Å². The van der Waals surface area contributed by atoms with Crippen LogP contribution in [-0.2, 0) is 25.7 Å². The van der Waals surface area contributed by atoms with Crippen molar-refractivity contribution in [2.45, 2.75) is 25.6 Å². The molecule has 9 nitrogen and oxygen atoms in total. The molecule has 3 amide bonds. The van der Waals surface area contributed by atoms with Crippen LogP contribution in [0.1, 0.15) is 18.4 Å². The fraction of sp³-hybridized carbons (Fsp3) is 0.400. The average molecular weight is 485 g/mol. The minimum atomic E-state index is -0.576. The summed E-state index contributed by atoms with van der Waals surface area (Å²) in [5.74, 6) is -1.01. The molecule has 35 heavy (non-hydrogen) atoms. The topological polar surface area (TPSA) is 105 Å². The molecule has 4 rings (SSSR count). The lowest BCUT2D eigenvalue weighted by molar-refractivity contribution is -0.136. The number of carbonyl (C=O) groups is 3. The van der Waals surface area contributed by atoms with E-state index in [9.17, 15) is 18.8 Å². The van der Waals surface area contributed by atoms with Crippen molar-refractivity contribution in [3.63, 3.8) is 0 Å². The number of rotatable bonds is 9. The van der Waals surface area contributed by atoms with Crippen molar-refractivity contribution >= 4 is 29.3 Å². The van der Waals surface area contributed by atoms with Gasteiger partial charge in [-0.2, -0.15) is 0 Å². The molecule has 2 aromatic rings. The van der Waals surface area contributed by atoms with Gasteiger partial charge in [0.25, 0.3) is 0 Å². The van der Waals surface area contributed by atoms with Gasteiger partial charge in [-0.25, -0.2) is 9.18 Å². The van der Waals surface area contributed by atoms with Gasteiger partial charge in [-0.15, -0.1) is 0 Å². The maximum absolute atomic E-state index is 15.0. The standard InChI is InChI=1S/C25H29FN4O5/c26-21-14-19(30-15-20(35-25(30)33)7-9-23(27)31)6-8-22(21)28-10-12-29(13-11-28)24(32)17-34-16-18-4-2-1-3-5-18/h1-6,8,14,20H,7,9-13,15-17H2,(H2,27,31). The Labute approximate surface area is 203 Å². The van der Waals surface area contributed by atoms with Crippen molar-refractivity contribution in [3.8, 4) is 0 Å². The molecule has 2 aromatic carbocycles. The predicted octanol–water partition coefficient (Wildman–Crippen LogP) is 2.28. The summed E-state index contributed by atoms with van der Waals surface area (Å²) in [5, 5.41) is 0. The summed E-state index contributed by atoms with van der Waals surface area (Å²) in [6, 6.07) is 14.3. The van der Waals surface area contributed by atoms with Crippen LogP contribution in [0.15, 0.2) is 48.5 Å². The van der Waals surface area contributed by atoms with Gasteiger partial charge < -0.3 is 25.0 Å². The number of nitrogens with zero attached hydrogens (tertiary/aromatic N) is 3. The van der Waals surface area contributed by atoms with E-state index in [4.69, 9.17) is 15.2 Å². The lowest BCUT2D eigenvalue weighted by Crippen LogP contribution is -2.50. The zero-order valence-corrected chi connectivity index (χ0v) is 19.4. The molecule has 0 aromatic heterocycles. The van der Waals surface area contributed by atoms with E-state index in [0.29, 0.717) is 50.6 Å². The number of amides is 3. The number of carbonyl (C=O) groups excluding carboxylic acids is 3. The number of hydrogen-bond donors (Lipinski definition) is 1. The normalized spacial score (nSPS) is 18.0. The van der Waals surface area contributed by atoms with Crippen molar-refractivity contribution in [2.24, 2.45) is 5.73 Å². The van der Waals surface area contributed by atoms with Crippen LogP contribution in [0, 0.1) is 5.82 Å². The number of halogens is 1. The molecule has 10 heteroatoms. The van der Waals surface area contributed by atoms with Crippen molar-refractivity contribution in [2.75, 3.05) is 49.1 Å². The molecule has 1 unspecified atom stereocenters. The number of primary amides is 1. The van der Waals surface area contributed by atoms with E-state index in [2.05, 4.69) is 0 Å². The average Bonchev–Trinajstić information content (AvgIpc) is 3.24. The Balaban J connectivity index is 1.27. The van der Waals surface area contributed by atoms with Crippen LogP contribution in [0.3, 0.4) is 0 Å². The van der Waals surface area contributed by atoms with Crippen molar-refractivity contribution in [1.29, 1.82) is 0 Å². The summed E-state index contributed by atoms with van der Waals surface area (Å²) >= 11 is 0. The number of hydrogen-bond acceptors (Lipinski definition) is 6. The molecule has 2 aliphatic heterocycles. The molecule has 0 saturated carbocycles. The first-order valence-corrected chi connectivity index (χ1v) is 11.6. The van der Waals surface area contributed by atoms with Crippen LogP contribution in [0.25, 0.3) is 0 Å². The molecule has 2 fully saturated rings. The Morgan fingerprint density at radius 3 is 2.51 bits per heavy atom. The Hall–Kier alpha value is -3.66. The van der Waals surface area contributed by atoms with Gasteiger partial charge in [0.05, 0.1) is 24.5 Å². The molecule has 0 radical (unpaired) electrons. The minimum Gasteiger partial charge on any atom is -0.444 e. The smallest absolute Gasteiger partial charge is 0.414 e. The molecular formula is C25H29FN4O5. The van der Waals surface area contributed by atoms with Gasteiger partial charge in [0, 0.05) is 32.6 Å². The van der Waals surface area contributed by atoms with Crippen molar-refractivity contribution in [1.82, 2.24) is 4.90 Å². The number of ether oxygens (including phenoxy) is 2. The van der Waals surface area contributed by atoms with Crippen LogP contribution in [0.5, 0.6) is 0 Å². The SMILES string of the molecule is NC(=O)CCC1CN(c2ccc(N3CCN(C(=O)COCc4ccccc4)CC3)c(F)c2)C(=O)O1. The van der Waals surface area contributed by atoms with Gasteiger partial charge in [0.2, 0.25) is 11.8 Å². The molecule has 1 atom stereocenters. The van der Waals surface area contributed by atoms with E-state index in [0.717, 1.165) is 5.56 Å². The first-order chi connectivity index (χ1) is 16.9. The molecule has 2 aliphatic rings. The number of cyclic esters (lactones) is 1. The highest BCUT2D eigenvalue weighted by molar-refractivity contribution is 5.90. The van der Waals surface area contributed by atoms with E-state index in [-0.39, 0.29) is 25.5 Å². The highest BCUT2D eigenvalue weighted by Gasteiger charge is 2.33. The third kappa shape index (κ3) is 6.27. The van der Waals surface area contributed by atoms with E-state index >= 15 is 0 Å². The Morgan fingerprint density at radius 1 is 1.09 bits per heavy atom. The third-order valence-corrected chi connectivity index (χ3v) is 6.14. The second-order valence-electron chi connectivity index (χ2n) is 8.60. The Kier molecular flexibility index (Phi) is 7.81. The van der Waals surface area contributed by atoms with Crippen LogP contribution >= 0.6 is 0 Å². The van der Waals surface area contributed by atoms with Crippen molar-refractivity contribution < 1.29 is 28.2 Å². The molecule has 2 N–H and O–H groups in total. The van der Waals surface area contributed by atoms with Gasteiger partial charge in [0.15, 0.2) is 0 Å². The second-order valence-corrected chi connectivity index (χ2v) is 8.60. The summed E-state index contributed by atoms with van der Waals surface area (Å²) in [6.45, 7) is 2.52. The summed E-state index contributed by atoms with van der Waals surface area (Å²) in [4.78, 5) is 40.6. The molecule has 0 spiro atoms. The number of benzene rings is 2. The third-order valence-electron chi connectivity index (χ3n) is 6.14. The lowest BCUT2D eigenvalue weighted by atomic mass is 10.1. The summed E-state index contributed by atoms with van der Waals surface area (Å²) in [6.07, 6.45) is -0.584. The fourth-order valence-corrected chi connectivity index (χ4v) is 4.22. The van der Waals surface area contributed by atoms with E-state index < -0.39 is 23.9 Å². The fourth-order valence-electron chi connectivity index (χ4n) is 4.22. The maximum atomic E-state index is 15.0.